The second kappa shape index (κ2) is 2.87. The van der Waals surface area contributed by atoms with E-state index in [2.05, 4.69) is 43.4 Å². The Hall–Kier alpha value is -0.770. The van der Waals surface area contributed by atoms with Crippen LogP contribution >= 0.6 is 0 Å². The number of hydrogen-bond donors (Lipinski definition) is 3. The van der Waals surface area contributed by atoms with Crippen LogP contribution in [0.4, 0.5) is 0 Å². The van der Waals surface area contributed by atoms with Crippen molar-refractivity contribution < 1.29 is 0 Å². The van der Waals surface area contributed by atoms with Crippen molar-refractivity contribution in [1.82, 2.24) is 10.7 Å². The average molecular weight is 184 g/mol. The number of nitrogens with one attached hydrogen (secondary N) is 2. The Labute approximate surface area is 80.0 Å². The summed E-state index contributed by atoms with van der Waals surface area (Å²) in [6, 6.07) is 0.440. The smallest absolute Gasteiger partial charge is 0.205 e. The molecule has 4 heteroatoms. The molecular weight excluding hydrogens is 164 g/mol. The topological polar surface area (TPSA) is 62.4 Å². The highest BCUT2D eigenvalue weighted by Crippen LogP contribution is 2.62. The van der Waals surface area contributed by atoms with E-state index in [4.69, 9.17) is 5.84 Å². The van der Waals surface area contributed by atoms with E-state index in [1.807, 2.05) is 0 Å². The fourth-order valence-corrected chi connectivity index (χ4v) is 1.86. The molecule has 1 fully saturated rings. The van der Waals surface area contributed by atoms with Crippen LogP contribution in [0.5, 0.6) is 0 Å². The van der Waals surface area contributed by atoms with Crippen LogP contribution in [0.3, 0.4) is 0 Å². The predicted molar refractivity (Wildman–Crippen MR) is 55.2 cm³/mol. The second-order valence-corrected chi connectivity index (χ2v) is 4.74. The lowest BCUT2D eigenvalue weighted by molar-refractivity contribution is 0.457. The summed E-state index contributed by atoms with van der Waals surface area (Å²) in [4.78, 5) is 3.99. The Kier molecular flexibility index (Phi) is 2.28. The van der Waals surface area contributed by atoms with Gasteiger partial charge in [-0.05, 0) is 10.8 Å². The molecule has 1 rings (SSSR count). The predicted octanol–water partition coefficient (Wildman–Crippen LogP) is 0.460. The lowest BCUT2D eigenvalue weighted by atomic mass is 10.0. The van der Waals surface area contributed by atoms with E-state index in [0.29, 0.717) is 22.8 Å². The summed E-state index contributed by atoms with van der Waals surface area (Å²) < 4.78 is 0. The highest BCUT2D eigenvalue weighted by atomic mass is 15.3. The summed E-state index contributed by atoms with van der Waals surface area (Å²) in [7, 11) is 1.71. The van der Waals surface area contributed by atoms with Crippen molar-refractivity contribution in [3.05, 3.63) is 0 Å². The zero-order valence-corrected chi connectivity index (χ0v) is 9.10. The number of aliphatic imine (C=N–C) groups is 1. The molecule has 0 saturated heterocycles. The fourth-order valence-electron chi connectivity index (χ4n) is 1.86. The number of rotatable bonds is 1. The van der Waals surface area contributed by atoms with Crippen LogP contribution in [0.2, 0.25) is 0 Å². The molecule has 0 unspecified atom stereocenters. The summed E-state index contributed by atoms with van der Waals surface area (Å²) >= 11 is 0. The second-order valence-electron chi connectivity index (χ2n) is 4.74. The minimum absolute atomic E-state index is 0.305. The molecule has 0 amide bonds. The molecule has 0 atom stereocenters. The molecule has 0 bridgehead atoms. The van der Waals surface area contributed by atoms with Gasteiger partial charge in [-0.2, -0.15) is 0 Å². The molecule has 1 aliphatic carbocycles. The minimum Gasteiger partial charge on any atom is -0.351 e. The third-order valence-corrected chi connectivity index (χ3v) is 3.66. The van der Waals surface area contributed by atoms with Gasteiger partial charge in [0, 0.05) is 13.1 Å². The number of hydrogen-bond acceptors (Lipinski definition) is 2. The van der Waals surface area contributed by atoms with Crippen molar-refractivity contribution in [1.29, 1.82) is 0 Å². The molecule has 76 valence electrons. The molecule has 0 heterocycles. The third kappa shape index (κ3) is 1.39. The zero-order valence-electron chi connectivity index (χ0n) is 9.10. The summed E-state index contributed by atoms with van der Waals surface area (Å²) in [5.74, 6) is 5.95. The molecular formula is C9H20N4. The molecule has 4 N–H and O–H groups in total. The number of nitrogens with two attached hydrogens (primary N) is 1. The zero-order chi connectivity index (χ0) is 10.3. The van der Waals surface area contributed by atoms with Gasteiger partial charge in [0.05, 0.1) is 0 Å². The molecule has 0 aliphatic heterocycles. The standard InChI is InChI=1S/C9H20N4/c1-8(2)6(9(8,3)4)12-7(11-5)13-10/h6H,10H2,1-5H3,(H2,11,12,13). The van der Waals surface area contributed by atoms with E-state index < -0.39 is 0 Å². The van der Waals surface area contributed by atoms with E-state index in [-0.39, 0.29) is 0 Å². The maximum atomic E-state index is 5.29. The number of nitrogens with zero attached hydrogens (tertiary/aromatic N) is 1. The summed E-state index contributed by atoms with van der Waals surface area (Å²) in [5, 5.41) is 3.28. The molecule has 1 aliphatic rings. The van der Waals surface area contributed by atoms with Gasteiger partial charge < -0.3 is 5.32 Å². The van der Waals surface area contributed by atoms with E-state index in [9.17, 15) is 0 Å². The SMILES string of the molecule is CN=C(NN)NC1C(C)(C)C1(C)C. The maximum Gasteiger partial charge on any atom is 0.205 e. The van der Waals surface area contributed by atoms with Crippen molar-refractivity contribution in [3.63, 3.8) is 0 Å². The van der Waals surface area contributed by atoms with Gasteiger partial charge in [0.1, 0.15) is 0 Å². The fraction of sp³-hybridized carbons (Fsp3) is 0.889. The van der Waals surface area contributed by atoms with Crippen LogP contribution in [-0.2, 0) is 0 Å². The first-order valence-electron chi connectivity index (χ1n) is 4.58. The van der Waals surface area contributed by atoms with Crippen LogP contribution in [0.25, 0.3) is 0 Å². The van der Waals surface area contributed by atoms with Crippen LogP contribution in [-0.4, -0.2) is 19.0 Å². The molecule has 0 spiro atoms. The lowest BCUT2D eigenvalue weighted by Crippen LogP contribution is -2.44. The largest absolute Gasteiger partial charge is 0.351 e. The van der Waals surface area contributed by atoms with Crippen molar-refractivity contribution in [3.8, 4) is 0 Å². The Morgan fingerprint density at radius 3 is 1.92 bits per heavy atom. The van der Waals surface area contributed by atoms with Gasteiger partial charge in [0.15, 0.2) is 0 Å². The van der Waals surface area contributed by atoms with Gasteiger partial charge in [-0.1, -0.05) is 27.7 Å². The summed E-state index contributed by atoms with van der Waals surface area (Å²) in [6.45, 7) is 8.98. The average Bonchev–Trinajstić information content (AvgIpc) is 2.41. The molecule has 0 aromatic rings. The van der Waals surface area contributed by atoms with E-state index in [0.717, 1.165) is 0 Å². The monoisotopic (exact) mass is 184 g/mol. The Bertz CT molecular complexity index is 216. The molecule has 0 aromatic heterocycles. The minimum atomic E-state index is 0.305. The molecule has 0 radical (unpaired) electrons. The summed E-state index contributed by atoms with van der Waals surface area (Å²) in [5.41, 5.74) is 3.15. The van der Waals surface area contributed by atoms with Crippen LogP contribution in [0.15, 0.2) is 4.99 Å². The van der Waals surface area contributed by atoms with Crippen LogP contribution < -0.4 is 16.6 Å². The number of hydrazine groups is 1. The van der Waals surface area contributed by atoms with Crippen molar-refractivity contribution in [2.45, 2.75) is 33.7 Å². The van der Waals surface area contributed by atoms with Gasteiger partial charge in [0.2, 0.25) is 5.96 Å². The van der Waals surface area contributed by atoms with E-state index in [1.165, 1.54) is 0 Å². The quantitative estimate of drug-likeness (QED) is 0.240. The first-order valence-corrected chi connectivity index (χ1v) is 4.58. The molecule has 0 aromatic carbocycles. The first-order chi connectivity index (χ1) is 5.87. The van der Waals surface area contributed by atoms with Gasteiger partial charge in [0.25, 0.3) is 0 Å². The van der Waals surface area contributed by atoms with Crippen LogP contribution in [0.1, 0.15) is 27.7 Å². The Morgan fingerprint density at radius 1 is 1.23 bits per heavy atom. The van der Waals surface area contributed by atoms with Crippen molar-refractivity contribution in [2.24, 2.45) is 21.7 Å². The van der Waals surface area contributed by atoms with Crippen molar-refractivity contribution in [2.75, 3.05) is 7.05 Å². The number of guanidine groups is 1. The van der Waals surface area contributed by atoms with Crippen molar-refractivity contribution >= 4 is 5.96 Å². The van der Waals surface area contributed by atoms with E-state index >= 15 is 0 Å². The maximum absolute atomic E-state index is 5.29. The molecule has 1 saturated carbocycles. The lowest BCUT2D eigenvalue weighted by Gasteiger charge is -2.09. The van der Waals surface area contributed by atoms with Gasteiger partial charge >= 0.3 is 0 Å². The van der Waals surface area contributed by atoms with Gasteiger partial charge in [-0.25, -0.2) is 5.84 Å². The first kappa shape index (κ1) is 10.3. The molecule has 13 heavy (non-hydrogen) atoms. The van der Waals surface area contributed by atoms with Gasteiger partial charge in [-0.15, -0.1) is 0 Å². The van der Waals surface area contributed by atoms with Crippen LogP contribution in [0, 0.1) is 10.8 Å². The summed E-state index contributed by atoms with van der Waals surface area (Å²) in [6.07, 6.45) is 0. The van der Waals surface area contributed by atoms with E-state index in [1.54, 1.807) is 7.05 Å². The normalized spacial score (nSPS) is 25.5. The van der Waals surface area contributed by atoms with Gasteiger partial charge in [-0.3, -0.25) is 10.4 Å². The highest BCUT2D eigenvalue weighted by molar-refractivity contribution is 5.80. The Balaban J connectivity index is 2.60. The Morgan fingerprint density at radius 2 is 1.69 bits per heavy atom. The molecule has 4 nitrogen and oxygen atoms in total. The highest BCUT2D eigenvalue weighted by Gasteiger charge is 2.65. The third-order valence-electron chi connectivity index (χ3n) is 3.66.